The predicted octanol–water partition coefficient (Wildman–Crippen LogP) is 2.40. The summed E-state index contributed by atoms with van der Waals surface area (Å²) in [5.74, 6) is 0.495. The van der Waals surface area contributed by atoms with Crippen molar-refractivity contribution in [2.45, 2.75) is 13.3 Å². The van der Waals surface area contributed by atoms with Gasteiger partial charge in [0.2, 0.25) is 0 Å². The molecule has 0 N–H and O–H groups in total. The van der Waals surface area contributed by atoms with Crippen molar-refractivity contribution in [3.8, 4) is 0 Å². The third kappa shape index (κ3) is 7.61. The van der Waals surface area contributed by atoms with Gasteiger partial charge in [-0.2, -0.15) is 0 Å². The number of esters is 1. The molecule has 0 spiro atoms. The molecule has 0 aromatic heterocycles. The van der Waals surface area contributed by atoms with Gasteiger partial charge in [-0.1, -0.05) is 13.2 Å². The van der Waals surface area contributed by atoms with Crippen molar-refractivity contribution in [1.82, 2.24) is 0 Å². The number of hydrogen-bond acceptors (Lipinski definition) is 4. The molecular weight excluding hydrogens is 198 g/mol. The molecular formula is C10H15NO2S. The summed E-state index contributed by atoms with van der Waals surface area (Å²) in [4.78, 5) is 15.5. The molecule has 0 aliphatic rings. The zero-order chi connectivity index (χ0) is 10.8. The average molecular weight is 213 g/mol. The van der Waals surface area contributed by atoms with E-state index >= 15 is 0 Å². The van der Waals surface area contributed by atoms with E-state index < -0.39 is 0 Å². The van der Waals surface area contributed by atoms with Crippen molar-refractivity contribution in [3.63, 3.8) is 0 Å². The summed E-state index contributed by atoms with van der Waals surface area (Å²) in [5, 5.41) is 0. The van der Waals surface area contributed by atoms with Crippen molar-refractivity contribution >= 4 is 23.9 Å². The van der Waals surface area contributed by atoms with E-state index in [2.05, 4.69) is 18.2 Å². The van der Waals surface area contributed by atoms with Crippen LogP contribution in [0.1, 0.15) is 13.3 Å². The smallest absolute Gasteiger partial charge is 0.306 e. The molecule has 0 aliphatic carbocycles. The van der Waals surface area contributed by atoms with Gasteiger partial charge in [-0.15, -0.1) is 11.8 Å². The van der Waals surface area contributed by atoms with E-state index in [1.165, 1.54) is 18.0 Å². The number of ether oxygens (including phenoxy) is 1. The largest absolute Gasteiger partial charge is 0.466 e. The molecule has 0 saturated heterocycles. The van der Waals surface area contributed by atoms with E-state index in [9.17, 15) is 4.79 Å². The van der Waals surface area contributed by atoms with Crippen LogP contribution < -0.4 is 0 Å². The van der Waals surface area contributed by atoms with Crippen LogP contribution in [0.4, 0.5) is 0 Å². The maximum absolute atomic E-state index is 10.9. The third-order valence-electron chi connectivity index (χ3n) is 1.22. The fraction of sp³-hybridized carbons (Fsp3) is 0.400. The normalized spacial score (nSPS) is 10.1. The topological polar surface area (TPSA) is 38.7 Å². The molecule has 14 heavy (non-hydrogen) atoms. The first-order chi connectivity index (χ1) is 6.70. The molecule has 0 aromatic carbocycles. The number of aliphatic imine (C=N–C) groups is 1. The van der Waals surface area contributed by atoms with Crippen molar-refractivity contribution in [1.29, 1.82) is 0 Å². The van der Waals surface area contributed by atoms with E-state index in [1.54, 1.807) is 13.1 Å². The Balaban J connectivity index is 3.53. The minimum absolute atomic E-state index is 0.173. The van der Waals surface area contributed by atoms with Gasteiger partial charge >= 0.3 is 5.97 Å². The molecule has 4 heteroatoms. The first kappa shape index (κ1) is 13.0. The SMILES string of the molecule is C=CN=CC(=C)SCCC(=O)OCC. The zero-order valence-corrected chi connectivity index (χ0v) is 9.18. The fourth-order valence-corrected chi connectivity index (χ4v) is 1.34. The summed E-state index contributed by atoms with van der Waals surface area (Å²) in [6, 6.07) is 0. The van der Waals surface area contributed by atoms with E-state index in [0.29, 0.717) is 18.8 Å². The van der Waals surface area contributed by atoms with Gasteiger partial charge in [0.15, 0.2) is 0 Å². The molecule has 0 atom stereocenters. The lowest BCUT2D eigenvalue weighted by atomic mass is 10.5. The molecule has 0 rings (SSSR count). The van der Waals surface area contributed by atoms with Crippen LogP contribution >= 0.6 is 11.8 Å². The molecule has 0 radical (unpaired) electrons. The molecule has 0 fully saturated rings. The summed E-state index contributed by atoms with van der Waals surface area (Å²) in [7, 11) is 0. The highest BCUT2D eigenvalue weighted by Crippen LogP contribution is 2.12. The second kappa shape index (κ2) is 8.56. The molecule has 0 unspecified atom stereocenters. The van der Waals surface area contributed by atoms with Gasteiger partial charge in [0.1, 0.15) is 0 Å². The minimum atomic E-state index is -0.173. The van der Waals surface area contributed by atoms with Crippen LogP contribution in [0.2, 0.25) is 0 Å². The van der Waals surface area contributed by atoms with Gasteiger partial charge < -0.3 is 4.74 Å². The quantitative estimate of drug-likeness (QED) is 0.481. The highest BCUT2D eigenvalue weighted by Gasteiger charge is 2.01. The molecule has 0 heterocycles. The Morgan fingerprint density at radius 1 is 1.64 bits per heavy atom. The van der Waals surface area contributed by atoms with Crippen LogP contribution in [0.5, 0.6) is 0 Å². The van der Waals surface area contributed by atoms with Crippen molar-refractivity contribution in [3.05, 3.63) is 24.3 Å². The Hall–Kier alpha value is -1.03. The van der Waals surface area contributed by atoms with E-state index in [4.69, 9.17) is 4.74 Å². The van der Waals surface area contributed by atoms with Gasteiger partial charge in [-0.25, -0.2) is 0 Å². The van der Waals surface area contributed by atoms with E-state index in [-0.39, 0.29) is 5.97 Å². The predicted molar refractivity (Wildman–Crippen MR) is 61.5 cm³/mol. The molecule has 0 aliphatic heterocycles. The number of allylic oxidation sites excluding steroid dienone is 1. The van der Waals surface area contributed by atoms with Gasteiger partial charge in [0, 0.05) is 23.1 Å². The van der Waals surface area contributed by atoms with Crippen LogP contribution in [0.15, 0.2) is 29.3 Å². The van der Waals surface area contributed by atoms with E-state index in [0.717, 1.165) is 4.91 Å². The number of hydrogen-bond donors (Lipinski definition) is 0. The van der Waals surface area contributed by atoms with Gasteiger partial charge in [0.05, 0.1) is 13.0 Å². The summed E-state index contributed by atoms with van der Waals surface area (Å²) < 4.78 is 4.77. The number of carbonyl (C=O) groups is 1. The number of thioether (sulfide) groups is 1. The third-order valence-corrected chi connectivity index (χ3v) is 2.11. The first-order valence-electron chi connectivity index (χ1n) is 4.32. The highest BCUT2D eigenvalue weighted by atomic mass is 32.2. The molecule has 0 bridgehead atoms. The van der Waals surface area contributed by atoms with Crippen LogP contribution in [0.25, 0.3) is 0 Å². The summed E-state index contributed by atoms with van der Waals surface area (Å²) in [6.45, 7) is 9.42. The Labute approximate surface area is 88.9 Å². The number of carbonyl (C=O) groups excluding carboxylic acids is 1. The van der Waals surface area contributed by atoms with Gasteiger partial charge in [0.25, 0.3) is 0 Å². The first-order valence-corrected chi connectivity index (χ1v) is 5.30. The van der Waals surface area contributed by atoms with Gasteiger partial charge in [-0.05, 0) is 6.92 Å². The second-order valence-corrected chi connectivity index (χ2v) is 3.55. The Morgan fingerprint density at radius 3 is 2.93 bits per heavy atom. The molecule has 3 nitrogen and oxygen atoms in total. The average Bonchev–Trinajstić information content (AvgIpc) is 2.15. The van der Waals surface area contributed by atoms with Crippen molar-refractivity contribution in [2.75, 3.05) is 12.4 Å². The summed E-state index contributed by atoms with van der Waals surface area (Å²) >= 11 is 1.48. The Bertz CT molecular complexity index is 236. The fourth-order valence-electron chi connectivity index (χ4n) is 0.672. The number of nitrogens with zero attached hydrogens (tertiary/aromatic N) is 1. The highest BCUT2D eigenvalue weighted by molar-refractivity contribution is 8.03. The summed E-state index contributed by atoms with van der Waals surface area (Å²) in [6.07, 6.45) is 3.46. The monoisotopic (exact) mass is 213 g/mol. The maximum atomic E-state index is 10.9. The van der Waals surface area contributed by atoms with E-state index in [1.807, 2.05) is 0 Å². The maximum Gasteiger partial charge on any atom is 0.306 e. The van der Waals surface area contributed by atoms with Crippen LogP contribution in [-0.2, 0) is 9.53 Å². The lowest BCUT2D eigenvalue weighted by Crippen LogP contribution is -2.04. The van der Waals surface area contributed by atoms with Crippen LogP contribution in [0.3, 0.4) is 0 Å². The molecule has 0 saturated carbocycles. The Morgan fingerprint density at radius 2 is 2.36 bits per heavy atom. The van der Waals surface area contributed by atoms with Crippen LogP contribution in [-0.4, -0.2) is 24.5 Å². The number of rotatable bonds is 7. The molecule has 0 amide bonds. The zero-order valence-electron chi connectivity index (χ0n) is 8.36. The standard InChI is InChI=1S/C10H15NO2S/c1-4-11-8-9(3)14-7-6-10(12)13-5-2/h4,8H,1,3,5-7H2,2H3. The molecule has 78 valence electrons. The Kier molecular flexibility index (Phi) is 7.93. The lowest BCUT2D eigenvalue weighted by Gasteiger charge is -2.00. The van der Waals surface area contributed by atoms with Crippen molar-refractivity contribution < 1.29 is 9.53 Å². The summed E-state index contributed by atoms with van der Waals surface area (Å²) in [5.41, 5.74) is 0. The van der Waals surface area contributed by atoms with Gasteiger partial charge in [-0.3, -0.25) is 9.79 Å². The van der Waals surface area contributed by atoms with Crippen molar-refractivity contribution in [2.24, 2.45) is 4.99 Å². The molecule has 0 aromatic rings. The minimum Gasteiger partial charge on any atom is -0.466 e. The van der Waals surface area contributed by atoms with Crippen LogP contribution in [0, 0.1) is 0 Å². The second-order valence-electron chi connectivity index (χ2n) is 2.33. The lowest BCUT2D eigenvalue weighted by molar-refractivity contribution is -0.142.